The average Bonchev–Trinajstić information content (AvgIpc) is 2.27. The number of hydrogen-bond donors (Lipinski definition) is 0. The maximum atomic E-state index is 5.98. The van der Waals surface area contributed by atoms with Gasteiger partial charge in [-0.3, -0.25) is 0 Å². The summed E-state index contributed by atoms with van der Waals surface area (Å²) in [5, 5.41) is 0. The van der Waals surface area contributed by atoms with E-state index in [0.29, 0.717) is 19.8 Å². The van der Waals surface area contributed by atoms with Crippen molar-refractivity contribution in [1.29, 1.82) is 0 Å². The van der Waals surface area contributed by atoms with Crippen molar-refractivity contribution in [3.05, 3.63) is 0 Å². The van der Waals surface area contributed by atoms with Crippen LogP contribution in [-0.2, 0) is 13.3 Å². The Morgan fingerprint density at radius 3 is 1.24 bits per heavy atom. The van der Waals surface area contributed by atoms with Gasteiger partial charge in [0.15, 0.2) is 0 Å². The molecule has 0 unspecified atom stereocenters. The molecule has 0 saturated heterocycles. The van der Waals surface area contributed by atoms with Crippen molar-refractivity contribution in [1.82, 2.24) is 0 Å². The van der Waals surface area contributed by atoms with E-state index in [-0.39, 0.29) is 0 Å². The fraction of sp³-hybridized carbons (Fsp3) is 1.00. The molecule has 0 aliphatic carbocycles. The lowest BCUT2D eigenvalue weighted by Gasteiger charge is -2.34. The fourth-order valence-electron chi connectivity index (χ4n) is 1.08. The molecule has 0 aliphatic heterocycles. The van der Waals surface area contributed by atoms with Crippen LogP contribution in [0.15, 0.2) is 0 Å². The van der Waals surface area contributed by atoms with Crippen molar-refractivity contribution in [3.8, 4) is 0 Å². The van der Waals surface area contributed by atoms with Gasteiger partial charge in [0.25, 0.3) is 3.42 Å². The van der Waals surface area contributed by atoms with Crippen LogP contribution >= 0.6 is 34.8 Å². The molecule has 0 aromatic heterocycles. The van der Waals surface area contributed by atoms with Crippen molar-refractivity contribution in [2.24, 2.45) is 0 Å². The molecule has 0 saturated carbocycles. The zero-order valence-corrected chi connectivity index (χ0v) is 13.9. The molecule has 0 aliphatic rings. The second-order valence-electron chi connectivity index (χ2n) is 3.60. The van der Waals surface area contributed by atoms with Crippen LogP contribution in [0.25, 0.3) is 0 Å². The third kappa shape index (κ3) is 6.10. The van der Waals surface area contributed by atoms with Crippen LogP contribution in [0.5, 0.6) is 0 Å². The number of hydrogen-bond acceptors (Lipinski definition) is 3. The first-order valence-corrected chi connectivity index (χ1v) is 8.78. The summed E-state index contributed by atoms with van der Waals surface area (Å²) in [7, 11) is -3.26. The fourth-order valence-corrected chi connectivity index (χ4v) is 4.71. The maximum absolute atomic E-state index is 5.98. The molecule has 0 amide bonds. The second kappa shape index (κ2) is 8.96. The molecule has 0 spiro atoms. The van der Waals surface area contributed by atoms with E-state index in [0.717, 1.165) is 19.3 Å². The summed E-state index contributed by atoms with van der Waals surface area (Å²) in [6.07, 6.45) is 2.46. The highest BCUT2D eigenvalue weighted by atomic mass is 35.6. The highest BCUT2D eigenvalue weighted by Gasteiger charge is 2.60. The lowest BCUT2D eigenvalue weighted by molar-refractivity contribution is 0.0592. The lowest BCUT2D eigenvalue weighted by atomic mass is 10.5. The molecule has 0 aromatic carbocycles. The van der Waals surface area contributed by atoms with Crippen molar-refractivity contribution in [2.75, 3.05) is 19.8 Å². The Bertz CT molecular complexity index is 178. The summed E-state index contributed by atoms with van der Waals surface area (Å²) in [4.78, 5) is 0. The van der Waals surface area contributed by atoms with Gasteiger partial charge >= 0.3 is 8.80 Å². The van der Waals surface area contributed by atoms with Crippen molar-refractivity contribution < 1.29 is 13.3 Å². The molecule has 0 fully saturated rings. The van der Waals surface area contributed by atoms with E-state index in [1.54, 1.807) is 0 Å². The van der Waals surface area contributed by atoms with E-state index in [1.807, 2.05) is 20.8 Å². The Balaban J connectivity index is 4.78. The first-order valence-electron chi connectivity index (χ1n) is 5.92. The van der Waals surface area contributed by atoms with Crippen LogP contribution < -0.4 is 0 Å². The van der Waals surface area contributed by atoms with Crippen molar-refractivity contribution >= 4 is 43.6 Å². The maximum Gasteiger partial charge on any atom is 0.555 e. The highest BCUT2D eigenvalue weighted by Crippen LogP contribution is 2.39. The molecule has 0 bridgehead atoms. The van der Waals surface area contributed by atoms with E-state index < -0.39 is 12.2 Å². The van der Waals surface area contributed by atoms with Crippen molar-refractivity contribution in [3.63, 3.8) is 0 Å². The Hall–Kier alpha value is 0.967. The zero-order chi connectivity index (χ0) is 13.4. The largest absolute Gasteiger partial charge is 0.555 e. The van der Waals surface area contributed by atoms with Crippen molar-refractivity contribution in [2.45, 2.75) is 43.4 Å². The first kappa shape index (κ1) is 18.0. The summed E-state index contributed by atoms with van der Waals surface area (Å²) >= 11 is 17.9. The van der Waals surface area contributed by atoms with Crippen LogP contribution in [0, 0.1) is 0 Å². The summed E-state index contributed by atoms with van der Waals surface area (Å²) in [6, 6.07) is 0. The molecule has 17 heavy (non-hydrogen) atoms. The van der Waals surface area contributed by atoms with E-state index in [1.165, 1.54) is 0 Å². The van der Waals surface area contributed by atoms with Crippen LogP contribution in [-0.4, -0.2) is 32.0 Å². The van der Waals surface area contributed by atoms with Gasteiger partial charge in [-0.05, 0) is 19.3 Å². The molecule has 0 aromatic rings. The van der Waals surface area contributed by atoms with E-state index in [4.69, 9.17) is 48.1 Å². The van der Waals surface area contributed by atoms with Gasteiger partial charge in [0.05, 0.1) is 0 Å². The van der Waals surface area contributed by atoms with E-state index >= 15 is 0 Å². The predicted molar refractivity (Wildman–Crippen MR) is 74.8 cm³/mol. The zero-order valence-electron chi connectivity index (χ0n) is 10.6. The Kier molecular flexibility index (Phi) is 9.47. The SMILES string of the molecule is CCCO[Si](OCCC)(OCCC)C(Cl)(Cl)Cl. The minimum Gasteiger partial charge on any atom is -0.371 e. The molecule has 0 radical (unpaired) electrons. The van der Waals surface area contributed by atoms with Crippen LogP contribution in [0.1, 0.15) is 40.0 Å². The van der Waals surface area contributed by atoms with Gasteiger partial charge in [-0.15, -0.1) is 0 Å². The molecule has 0 N–H and O–H groups in total. The predicted octanol–water partition coefficient (Wildman–Crippen LogP) is 4.11. The molecule has 7 heteroatoms. The van der Waals surface area contributed by atoms with Gasteiger partial charge in [0.1, 0.15) is 0 Å². The lowest BCUT2D eigenvalue weighted by Crippen LogP contribution is -2.57. The van der Waals surface area contributed by atoms with Gasteiger partial charge in [0.2, 0.25) is 0 Å². The van der Waals surface area contributed by atoms with Gasteiger partial charge in [0, 0.05) is 19.8 Å². The summed E-state index contributed by atoms with van der Waals surface area (Å²) in [5.41, 5.74) is 0. The van der Waals surface area contributed by atoms with Gasteiger partial charge in [-0.2, -0.15) is 0 Å². The molecule has 0 atom stereocenters. The summed E-state index contributed by atoms with van der Waals surface area (Å²) in [6.45, 7) is 7.35. The Morgan fingerprint density at radius 2 is 1.06 bits per heavy atom. The minimum atomic E-state index is -3.26. The van der Waals surface area contributed by atoms with Gasteiger partial charge < -0.3 is 13.3 Å². The number of halogens is 3. The number of rotatable bonds is 9. The summed E-state index contributed by atoms with van der Waals surface area (Å²) in [5.74, 6) is 0. The first-order chi connectivity index (χ1) is 7.93. The van der Waals surface area contributed by atoms with Crippen LogP contribution in [0.3, 0.4) is 0 Å². The van der Waals surface area contributed by atoms with E-state index in [9.17, 15) is 0 Å². The van der Waals surface area contributed by atoms with Crippen LogP contribution in [0.4, 0.5) is 0 Å². The molecule has 3 nitrogen and oxygen atoms in total. The standard InChI is InChI=1S/C10H21Cl3O3Si/c1-4-7-14-17(10(11,12)13,15-8-5-2)16-9-6-3/h4-9H2,1-3H3. The van der Waals surface area contributed by atoms with Crippen LogP contribution in [0.2, 0.25) is 0 Å². The molecular weight excluding hydrogens is 303 g/mol. The van der Waals surface area contributed by atoms with E-state index in [2.05, 4.69) is 0 Å². The molecule has 0 heterocycles. The molecule has 104 valence electrons. The van der Waals surface area contributed by atoms with Gasteiger partial charge in [-0.1, -0.05) is 55.6 Å². The average molecular weight is 324 g/mol. The smallest absolute Gasteiger partial charge is 0.371 e. The Morgan fingerprint density at radius 1 is 0.765 bits per heavy atom. The van der Waals surface area contributed by atoms with Gasteiger partial charge in [-0.25, -0.2) is 0 Å². The molecule has 0 rings (SSSR count). The minimum absolute atomic E-state index is 0.466. The highest BCUT2D eigenvalue weighted by molar-refractivity contribution is 6.96. The third-order valence-corrected chi connectivity index (χ3v) is 6.37. The monoisotopic (exact) mass is 322 g/mol. The summed E-state index contributed by atoms with van der Waals surface area (Å²) < 4.78 is 15.3. The third-order valence-electron chi connectivity index (χ3n) is 1.84. The molecular formula is C10H21Cl3O3Si. The normalized spacial score (nSPS) is 13.1. The second-order valence-corrected chi connectivity index (χ2v) is 9.56. The quantitative estimate of drug-likeness (QED) is 0.472. The topological polar surface area (TPSA) is 27.7 Å². The Labute approximate surface area is 120 Å². The number of alkyl halides is 3.